The van der Waals surface area contributed by atoms with Crippen LogP contribution in [0, 0.1) is 0 Å². The van der Waals surface area contributed by atoms with E-state index in [0.29, 0.717) is 0 Å². The predicted octanol–water partition coefficient (Wildman–Crippen LogP) is 2.67. The average Bonchev–Trinajstić information content (AvgIpc) is 3.01. The van der Waals surface area contributed by atoms with Gasteiger partial charge in [-0.1, -0.05) is 42.5 Å². The lowest BCUT2D eigenvalue weighted by atomic mass is 9.97. The van der Waals surface area contributed by atoms with Crippen molar-refractivity contribution in [1.29, 1.82) is 0 Å². The number of aromatic nitrogens is 2. The number of H-pyrrole nitrogens is 1. The maximum Gasteiger partial charge on any atom is 0.350 e. The third-order valence-electron chi connectivity index (χ3n) is 3.30. The second-order valence-corrected chi connectivity index (χ2v) is 4.72. The summed E-state index contributed by atoms with van der Waals surface area (Å²) in [5, 5.41) is 7.98. The molecule has 1 heterocycles. The van der Waals surface area contributed by atoms with Gasteiger partial charge in [-0.15, -0.1) is 0 Å². The predicted molar refractivity (Wildman–Crippen MR) is 84.8 cm³/mol. The van der Waals surface area contributed by atoms with Crippen molar-refractivity contribution in [1.82, 2.24) is 15.7 Å². The fourth-order valence-corrected chi connectivity index (χ4v) is 2.30. The minimum Gasteiger partial charge on any atom is -0.367 e. The van der Waals surface area contributed by atoms with Crippen molar-refractivity contribution >= 4 is 22.4 Å². The molecule has 0 radical (unpaired) electrons. The molecule has 3 aromatic rings. The van der Waals surface area contributed by atoms with Crippen molar-refractivity contribution in [2.75, 3.05) is 7.05 Å². The lowest BCUT2D eigenvalue weighted by Crippen LogP contribution is -2.13. The molecule has 0 atom stereocenters. The van der Waals surface area contributed by atoms with Crippen LogP contribution >= 0.6 is 0 Å². The second-order valence-electron chi connectivity index (χ2n) is 4.72. The third-order valence-corrected chi connectivity index (χ3v) is 3.30. The highest BCUT2D eigenvalue weighted by Gasteiger charge is 2.10. The molecule has 5 nitrogen and oxygen atoms in total. The number of nitrogens with zero attached hydrogens (tertiary/aromatic N) is 1. The maximum atomic E-state index is 11.8. The van der Waals surface area contributed by atoms with Crippen LogP contribution in [0.3, 0.4) is 0 Å². The SMILES string of the molecule is CNOC(=O)C=C(c1ccccc1)c1ccc2cn[nH]c2c1. The number of rotatable bonds is 4. The van der Waals surface area contributed by atoms with Gasteiger partial charge in [0.1, 0.15) is 0 Å². The van der Waals surface area contributed by atoms with Crippen molar-refractivity contribution in [3.05, 3.63) is 71.9 Å². The lowest BCUT2D eigenvalue weighted by molar-refractivity contribution is -0.143. The Kier molecular flexibility index (Phi) is 3.98. The number of carbonyl (C=O) groups is 1. The molecule has 1 aromatic heterocycles. The minimum absolute atomic E-state index is 0.453. The van der Waals surface area contributed by atoms with E-state index in [2.05, 4.69) is 15.7 Å². The largest absolute Gasteiger partial charge is 0.367 e. The van der Waals surface area contributed by atoms with Crippen molar-refractivity contribution < 1.29 is 9.63 Å². The van der Waals surface area contributed by atoms with Crippen LogP contribution in [0.4, 0.5) is 0 Å². The molecule has 0 aliphatic rings. The second kappa shape index (κ2) is 6.24. The lowest BCUT2D eigenvalue weighted by Gasteiger charge is -2.08. The molecular formula is C17H15N3O2. The Bertz CT molecular complexity index is 822. The zero-order valence-electron chi connectivity index (χ0n) is 12.0. The normalized spacial score (nSPS) is 11.6. The highest BCUT2D eigenvalue weighted by atomic mass is 16.7. The van der Waals surface area contributed by atoms with Gasteiger partial charge in [-0.2, -0.15) is 10.6 Å². The van der Waals surface area contributed by atoms with E-state index in [4.69, 9.17) is 4.84 Å². The van der Waals surface area contributed by atoms with Crippen LogP contribution < -0.4 is 5.48 Å². The Hall–Kier alpha value is -2.92. The molecule has 2 aromatic carbocycles. The molecule has 3 rings (SSSR count). The van der Waals surface area contributed by atoms with Crippen LogP contribution in [-0.4, -0.2) is 23.2 Å². The summed E-state index contributed by atoms with van der Waals surface area (Å²) in [7, 11) is 1.55. The van der Waals surface area contributed by atoms with Gasteiger partial charge in [0.15, 0.2) is 0 Å². The van der Waals surface area contributed by atoms with E-state index < -0.39 is 5.97 Å². The van der Waals surface area contributed by atoms with E-state index >= 15 is 0 Å². The molecule has 22 heavy (non-hydrogen) atoms. The summed E-state index contributed by atoms with van der Waals surface area (Å²) in [6, 6.07) is 15.6. The van der Waals surface area contributed by atoms with Crippen LogP contribution in [0.5, 0.6) is 0 Å². The van der Waals surface area contributed by atoms with Gasteiger partial charge in [-0.3, -0.25) is 5.10 Å². The highest BCUT2D eigenvalue weighted by Crippen LogP contribution is 2.26. The van der Waals surface area contributed by atoms with E-state index in [-0.39, 0.29) is 0 Å². The molecule has 0 spiro atoms. The van der Waals surface area contributed by atoms with Gasteiger partial charge in [0.25, 0.3) is 0 Å². The quantitative estimate of drug-likeness (QED) is 0.573. The van der Waals surface area contributed by atoms with Gasteiger partial charge in [0.2, 0.25) is 0 Å². The van der Waals surface area contributed by atoms with E-state index in [9.17, 15) is 4.79 Å². The third kappa shape index (κ3) is 2.89. The molecule has 0 aliphatic heterocycles. The van der Waals surface area contributed by atoms with E-state index in [1.807, 2.05) is 48.5 Å². The van der Waals surface area contributed by atoms with Crippen LogP contribution in [-0.2, 0) is 9.63 Å². The number of benzene rings is 2. The van der Waals surface area contributed by atoms with Crippen LogP contribution in [0.25, 0.3) is 16.5 Å². The molecule has 0 unspecified atom stereocenters. The number of aromatic amines is 1. The van der Waals surface area contributed by atoms with Crippen molar-refractivity contribution in [3.63, 3.8) is 0 Å². The summed E-state index contributed by atoms with van der Waals surface area (Å²) in [6.45, 7) is 0. The first-order valence-electron chi connectivity index (χ1n) is 6.86. The topological polar surface area (TPSA) is 67.0 Å². The molecule has 0 bridgehead atoms. The summed E-state index contributed by atoms with van der Waals surface area (Å²) in [4.78, 5) is 16.6. The molecular weight excluding hydrogens is 278 g/mol. The van der Waals surface area contributed by atoms with Gasteiger partial charge in [-0.05, 0) is 22.8 Å². The zero-order chi connectivity index (χ0) is 15.4. The van der Waals surface area contributed by atoms with E-state index in [1.165, 1.54) is 6.08 Å². The number of hydrogen-bond donors (Lipinski definition) is 2. The molecule has 5 heteroatoms. The molecule has 110 valence electrons. The molecule has 0 amide bonds. The Labute approximate surface area is 127 Å². The van der Waals surface area contributed by atoms with Gasteiger partial charge >= 0.3 is 5.97 Å². The summed E-state index contributed by atoms with van der Waals surface area (Å²) in [6.07, 6.45) is 3.24. The summed E-state index contributed by atoms with van der Waals surface area (Å²) < 4.78 is 0. The monoisotopic (exact) mass is 293 g/mol. The molecule has 0 aliphatic carbocycles. The van der Waals surface area contributed by atoms with Gasteiger partial charge in [-0.25, -0.2) is 4.79 Å². The van der Waals surface area contributed by atoms with Crippen molar-refractivity contribution in [3.8, 4) is 0 Å². The molecule has 0 saturated carbocycles. The van der Waals surface area contributed by atoms with Gasteiger partial charge < -0.3 is 4.84 Å². The standard InChI is InChI=1S/C17H15N3O2/c1-18-22-17(21)10-15(12-5-3-2-4-6-12)13-7-8-14-11-19-20-16(14)9-13/h2-11,18H,1H3,(H,19,20). The molecule has 0 saturated heterocycles. The number of nitrogens with one attached hydrogen (secondary N) is 2. The van der Waals surface area contributed by atoms with Crippen molar-refractivity contribution in [2.45, 2.75) is 0 Å². The van der Waals surface area contributed by atoms with Gasteiger partial charge in [0.05, 0.1) is 11.7 Å². The number of fused-ring (bicyclic) bond motifs is 1. The fourth-order valence-electron chi connectivity index (χ4n) is 2.30. The fraction of sp³-hybridized carbons (Fsp3) is 0.0588. The Balaban J connectivity index is 2.10. The van der Waals surface area contributed by atoms with Crippen molar-refractivity contribution in [2.24, 2.45) is 0 Å². The average molecular weight is 293 g/mol. The first-order valence-corrected chi connectivity index (χ1v) is 6.86. The minimum atomic E-state index is -0.453. The Morgan fingerprint density at radius 1 is 1.18 bits per heavy atom. The van der Waals surface area contributed by atoms with Crippen LogP contribution in [0.1, 0.15) is 11.1 Å². The van der Waals surface area contributed by atoms with Gasteiger partial charge in [0, 0.05) is 18.5 Å². The smallest absolute Gasteiger partial charge is 0.350 e. The number of hydroxylamine groups is 1. The molecule has 0 fully saturated rings. The maximum absolute atomic E-state index is 11.8. The Morgan fingerprint density at radius 2 is 2.00 bits per heavy atom. The zero-order valence-corrected chi connectivity index (χ0v) is 12.0. The first-order chi connectivity index (χ1) is 10.8. The molecule has 2 N–H and O–H groups in total. The summed E-state index contributed by atoms with van der Waals surface area (Å²) in [5.74, 6) is -0.453. The van der Waals surface area contributed by atoms with Crippen LogP contribution in [0.15, 0.2) is 60.8 Å². The highest BCUT2D eigenvalue weighted by molar-refractivity contribution is 5.97. The Morgan fingerprint density at radius 3 is 2.77 bits per heavy atom. The number of carbonyl (C=O) groups excluding carboxylic acids is 1. The van der Waals surface area contributed by atoms with Crippen LogP contribution in [0.2, 0.25) is 0 Å². The summed E-state index contributed by atoms with van der Waals surface area (Å²) in [5.41, 5.74) is 5.95. The number of hydrogen-bond acceptors (Lipinski definition) is 4. The summed E-state index contributed by atoms with van der Waals surface area (Å²) >= 11 is 0. The first kappa shape index (κ1) is 14.0. The van der Waals surface area contributed by atoms with E-state index in [1.54, 1.807) is 13.2 Å². The van der Waals surface area contributed by atoms with E-state index in [0.717, 1.165) is 27.6 Å².